The van der Waals surface area contributed by atoms with Crippen molar-refractivity contribution in [3.8, 4) is 0 Å². The van der Waals surface area contributed by atoms with Crippen LogP contribution in [-0.2, 0) is 0 Å². The molecular weight excluding hydrogens is 262 g/mol. The van der Waals surface area contributed by atoms with Gasteiger partial charge < -0.3 is 5.73 Å². The minimum atomic E-state index is 0.196. The molecule has 1 unspecified atom stereocenters. The topological polar surface area (TPSA) is 43.8 Å². The molecule has 0 aliphatic rings. The van der Waals surface area contributed by atoms with Crippen LogP contribution in [0.1, 0.15) is 17.8 Å². The predicted octanol–water partition coefficient (Wildman–Crippen LogP) is 2.90. The third-order valence-corrected chi connectivity index (χ3v) is 3.76. The summed E-state index contributed by atoms with van der Waals surface area (Å²) in [6, 6.07) is 4.32. The van der Waals surface area contributed by atoms with E-state index in [0.717, 1.165) is 4.47 Å². The van der Waals surface area contributed by atoms with Crippen LogP contribution in [0.5, 0.6) is 0 Å². The molecule has 74 valence electrons. The van der Waals surface area contributed by atoms with Crippen molar-refractivity contribution in [3.05, 3.63) is 33.1 Å². The first-order valence-electron chi connectivity index (χ1n) is 4.22. The number of halogens is 1. The Morgan fingerprint density at radius 3 is 2.93 bits per heavy atom. The Hall–Kier alpha value is -0.810. The van der Waals surface area contributed by atoms with Gasteiger partial charge in [0.2, 0.25) is 0 Å². The lowest BCUT2D eigenvalue weighted by Crippen LogP contribution is -2.10. The van der Waals surface area contributed by atoms with Crippen molar-refractivity contribution >= 4 is 33.1 Å². The summed E-state index contributed by atoms with van der Waals surface area (Å²) in [5, 5.41) is 6.28. The summed E-state index contributed by atoms with van der Waals surface area (Å²) in [7, 11) is 0. The van der Waals surface area contributed by atoms with Crippen molar-refractivity contribution in [2.24, 2.45) is 0 Å². The Bertz CT molecular complexity index is 421. The van der Waals surface area contributed by atoms with Gasteiger partial charge in [0.05, 0.1) is 16.7 Å². The highest BCUT2D eigenvalue weighted by molar-refractivity contribution is 9.10. The molecule has 3 nitrogen and oxygen atoms in total. The van der Waals surface area contributed by atoms with E-state index in [-0.39, 0.29) is 6.04 Å². The number of aromatic nitrogens is 2. The number of nitrogen functional groups attached to an aromatic ring is 1. The summed E-state index contributed by atoms with van der Waals surface area (Å²) >= 11 is 5.05. The molecule has 2 aromatic heterocycles. The molecule has 0 spiro atoms. The molecule has 5 heteroatoms. The number of hydrogen-bond donors (Lipinski definition) is 1. The maximum absolute atomic E-state index is 5.87. The van der Waals surface area contributed by atoms with Crippen molar-refractivity contribution in [3.63, 3.8) is 0 Å². The van der Waals surface area contributed by atoms with E-state index in [1.807, 2.05) is 10.7 Å². The zero-order valence-electron chi connectivity index (χ0n) is 7.64. The second kappa shape index (κ2) is 3.74. The molecule has 2 heterocycles. The molecule has 0 bridgehead atoms. The van der Waals surface area contributed by atoms with E-state index in [4.69, 9.17) is 5.73 Å². The van der Waals surface area contributed by atoms with Gasteiger partial charge in [-0.1, -0.05) is 6.07 Å². The first-order chi connectivity index (χ1) is 6.70. The maximum atomic E-state index is 5.87. The quantitative estimate of drug-likeness (QED) is 0.913. The highest BCUT2D eigenvalue weighted by Crippen LogP contribution is 2.27. The Morgan fingerprint density at radius 1 is 1.64 bits per heavy atom. The van der Waals surface area contributed by atoms with E-state index in [1.54, 1.807) is 17.5 Å². The van der Waals surface area contributed by atoms with E-state index in [1.165, 1.54) is 4.88 Å². The standard InChI is InChI=1S/C9H10BrN3S/c1-6(8-3-2-4-14-8)13-9(11)7(10)5-12-13/h2-6H,11H2,1H3. The van der Waals surface area contributed by atoms with Gasteiger partial charge in [0.1, 0.15) is 5.82 Å². The van der Waals surface area contributed by atoms with Crippen molar-refractivity contribution in [2.75, 3.05) is 5.73 Å². The minimum absolute atomic E-state index is 0.196. The predicted molar refractivity (Wildman–Crippen MR) is 62.5 cm³/mol. The molecule has 2 aromatic rings. The average Bonchev–Trinajstić information content (AvgIpc) is 2.77. The Labute approximate surface area is 94.7 Å². The van der Waals surface area contributed by atoms with Gasteiger partial charge >= 0.3 is 0 Å². The van der Waals surface area contributed by atoms with Crippen LogP contribution in [0.3, 0.4) is 0 Å². The highest BCUT2D eigenvalue weighted by atomic mass is 79.9. The van der Waals surface area contributed by atoms with Crippen LogP contribution < -0.4 is 5.73 Å². The van der Waals surface area contributed by atoms with E-state index in [2.05, 4.69) is 39.4 Å². The summed E-state index contributed by atoms with van der Waals surface area (Å²) in [6.07, 6.45) is 1.72. The molecule has 0 saturated carbocycles. The van der Waals surface area contributed by atoms with Crippen molar-refractivity contribution < 1.29 is 0 Å². The molecule has 0 saturated heterocycles. The summed E-state index contributed by atoms with van der Waals surface area (Å²) in [5.41, 5.74) is 5.87. The zero-order valence-corrected chi connectivity index (χ0v) is 10.0. The molecule has 0 aromatic carbocycles. The largest absolute Gasteiger partial charge is 0.383 e. The summed E-state index contributed by atoms with van der Waals surface area (Å²) in [5.74, 6) is 0.672. The maximum Gasteiger partial charge on any atom is 0.136 e. The Morgan fingerprint density at radius 2 is 2.43 bits per heavy atom. The molecule has 0 aliphatic carbocycles. The van der Waals surface area contributed by atoms with Crippen LogP contribution in [0.2, 0.25) is 0 Å². The van der Waals surface area contributed by atoms with Crippen LogP contribution in [0, 0.1) is 0 Å². The lowest BCUT2D eigenvalue weighted by Gasteiger charge is -2.11. The number of anilines is 1. The van der Waals surface area contributed by atoms with Crippen LogP contribution in [0.15, 0.2) is 28.2 Å². The van der Waals surface area contributed by atoms with E-state index < -0.39 is 0 Å². The third-order valence-electron chi connectivity index (χ3n) is 2.11. The van der Waals surface area contributed by atoms with Gasteiger partial charge in [-0.3, -0.25) is 0 Å². The molecule has 2 rings (SSSR count). The van der Waals surface area contributed by atoms with Crippen molar-refractivity contribution in [1.82, 2.24) is 9.78 Å². The molecule has 14 heavy (non-hydrogen) atoms. The smallest absolute Gasteiger partial charge is 0.136 e. The lowest BCUT2D eigenvalue weighted by atomic mass is 10.3. The van der Waals surface area contributed by atoms with Gasteiger partial charge in [0, 0.05) is 4.88 Å². The fraction of sp³-hybridized carbons (Fsp3) is 0.222. The third kappa shape index (κ3) is 1.57. The molecule has 0 fully saturated rings. The molecule has 0 amide bonds. The normalized spacial score (nSPS) is 13.0. The van der Waals surface area contributed by atoms with Gasteiger partial charge in [-0.15, -0.1) is 11.3 Å². The van der Waals surface area contributed by atoms with E-state index in [0.29, 0.717) is 5.82 Å². The lowest BCUT2D eigenvalue weighted by molar-refractivity contribution is 0.581. The summed E-state index contributed by atoms with van der Waals surface area (Å²) < 4.78 is 2.66. The van der Waals surface area contributed by atoms with Crippen LogP contribution >= 0.6 is 27.3 Å². The molecule has 2 N–H and O–H groups in total. The highest BCUT2D eigenvalue weighted by Gasteiger charge is 2.13. The summed E-state index contributed by atoms with van der Waals surface area (Å²) in [4.78, 5) is 1.26. The van der Waals surface area contributed by atoms with Crippen molar-refractivity contribution in [1.29, 1.82) is 0 Å². The monoisotopic (exact) mass is 271 g/mol. The average molecular weight is 272 g/mol. The number of thiophene rings is 1. The first-order valence-corrected chi connectivity index (χ1v) is 5.89. The van der Waals surface area contributed by atoms with Crippen LogP contribution in [0.4, 0.5) is 5.82 Å². The Kier molecular flexibility index (Phi) is 2.60. The number of nitrogens with zero attached hydrogens (tertiary/aromatic N) is 2. The van der Waals surface area contributed by atoms with Gasteiger partial charge in [-0.25, -0.2) is 4.68 Å². The van der Waals surface area contributed by atoms with Gasteiger partial charge in [-0.05, 0) is 34.3 Å². The van der Waals surface area contributed by atoms with Gasteiger partial charge in [-0.2, -0.15) is 5.10 Å². The fourth-order valence-corrected chi connectivity index (χ4v) is 2.35. The molecular formula is C9H10BrN3S. The second-order valence-electron chi connectivity index (χ2n) is 3.01. The van der Waals surface area contributed by atoms with Crippen LogP contribution in [-0.4, -0.2) is 9.78 Å². The first kappa shape index (κ1) is 9.73. The zero-order chi connectivity index (χ0) is 10.1. The number of rotatable bonds is 2. The van der Waals surface area contributed by atoms with E-state index in [9.17, 15) is 0 Å². The number of nitrogens with two attached hydrogens (primary N) is 1. The molecule has 0 radical (unpaired) electrons. The fourth-order valence-electron chi connectivity index (χ4n) is 1.31. The van der Waals surface area contributed by atoms with Gasteiger partial charge in [0.15, 0.2) is 0 Å². The van der Waals surface area contributed by atoms with Gasteiger partial charge in [0.25, 0.3) is 0 Å². The summed E-state index contributed by atoms with van der Waals surface area (Å²) in [6.45, 7) is 2.08. The van der Waals surface area contributed by atoms with Crippen molar-refractivity contribution in [2.45, 2.75) is 13.0 Å². The number of hydrogen-bond acceptors (Lipinski definition) is 3. The minimum Gasteiger partial charge on any atom is -0.383 e. The Balaban J connectivity index is 2.36. The molecule has 0 aliphatic heterocycles. The molecule has 1 atom stereocenters. The van der Waals surface area contributed by atoms with E-state index >= 15 is 0 Å². The SMILES string of the molecule is CC(c1cccs1)n1ncc(Br)c1N. The second-order valence-corrected chi connectivity index (χ2v) is 4.85. The van der Waals surface area contributed by atoms with Crippen LogP contribution in [0.25, 0.3) is 0 Å².